The van der Waals surface area contributed by atoms with Crippen molar-refractivity contribution in [3.05, 3.63) is 70.1 Å². The SMILES string of the molecule is CCOc1ccccc1/C=C1\SC(=O)N(Cc2ccc(C)cc2)C1=O. The van der Waals surface area contributed by atoms with E-state index < -0.39 is 0 Å². The molecule has 2 aromatic rings. The fourth-order valence-electron chi connectivity index (χ4n) is 2.54. The number of amides is 2. The largest absolute Gasteiger partial charge is 0.493 e. The summed E-state index contributed by atoms with van der Waals surface area (Å²) in [6, 6.07) is 15.3. The predicted octanol–water partition coefficient (Wildman–Crippen LogP) is 4.63. The first-order chi connectivity index (χ1) is 12.1. The molecule has 0 aromatic heterocycles. The zero-order valence-electron chi connectivity index (χ0n) is 14.2. The highest BCUT2D eigenvalue weighted by Crippen LogP contribution is 2.34. The van der Waals surface area contributed by atoms with Gasteiger partial charge in [0.25, 0.3) is 11.1 Å². The summed E-state index contributed by atoms with van der Waals surface area (Å²) in [5.41, 5.74) is 2.87. The Hall–Kier alpha value is -2.53. The van der Waals surface area contributed by atoms with Gasteiger partial charge in [-0.2, -0.15) is 0 Å². The summed E-state index contributed by atoms with van der Waals surface area (Å²) >= 11 is 0.969. The van der Waals surface area contributed by atoms with Crippen LogP contribution in [0.4, 0.5) is 4.79 Å². The molecule has 1 saturated heterocycles. The van der Waals surface area contributed by atoms with Crippen molar-refractivity contribution >= 4 is 29.0 Å². The fraction of sp³-hybridized carbons (Fsp3) is 0.200. The summed E-state index contributed by atoms with van der Waals surface area (Å²) < 4.78 is 5.58. The molecular formula is C20H19NO3S. The molecule has 2 amide bonds. The Morgan fingerprint density at radius 2 is 1.80 bits per heavy atom. The number of nitrogens with zero attached hydrogens (tertiary/aromatic N) is 1. The molecule has 1 aliphatic rings. The van der Waals surface area contributed by atoms with Crippen LogP contribution in [0, 0.1) is 6.92 Å². The predicted molar refractivity (Wildman–Crippen MR) is 100 cm³/mol. The Morgan fingerprint density at radius 3 is 2.52 bits per heavy atom. The Balaban J connectivity index is 1.82. The van der Waals surface area contributed by atoms with E-state index in [1.807, 2.05) is 62.4 Å². The summed E-state index contributed by atoms with van der Waals surface area (Å²) in [5, 5.41) is -0.245. The van der Waals surface area contributed by atoms with Crippen molar-refractivity contribution in [2.45, 2.75) is 20.4 Å². The summed E-state index contributed by atoms with van der Waals surface area (Å²) in [5.74, 6) is 0.442. The van der Waals surface area contributed by atoms with E-state index in [2.05, 4.69) is 0 Å². The summed E-state index contributed by atoms with van der Waals surface area (Å²) in [4.78, 5) is 26.6. The first kappa shape index (κ1) is 17.3. The highest BCUT2D eigenvalue weighted by Gasteiger charge is 2.35. The zero-order valence-corrected chi connectivity index (χ0v) is 15.0. The summed E-state index contributed by atoms with van der Waals surface area (Å²) in [6.07, 6.45) is 1.73. The van der Waals surface area contributed by atoms with Gasteiger partial charge in [0, 0.05) is 5.56 Å². The normalized spacial score (nSPS) is 15.9. The van der Waals surface area contributed by atoms with E-state index in [0.717, 1.165) is 28.5 Å². The van der Waals surface area contributed by atoms with Crippen LogP contribution < -0.4 is 4.74 Å². The monoisotopic (exact) mass is 353 g/mol. The standard InChI is InChI=1S/C20H19NO3S/c1-3-24-17-7-5-4-6-16(17)12-18-19(22)21(20(23)25-18)13-15-10-8-14(2)9-11-15/h4-12H,3,13H2,1-2H3/b18-12-. The molecule has 0 aliphatic carbocycles. The van der Waals surface area contributed by atoms with Crippen LogP contribution in [0.3, 0.4) is 0 Å². The molecular weight excluding hydrogens is 334 g/mol. The topological polar surface area (TPSA) is 46.6 Å². The van der Waals surface area contributed by atoms with Crippen molar-refractivity contribution in [2.24, 2.45) is 0 Å². The van der Waals surface area contributed by atoms with Crippen molar-refractivity contribution in [2.75, 3.05) is 6.61 Å². The van der Waals surface area contributed by atoms with Gasteiger partial charge in [-0.3, -0.25) is 14.5 Å². The lowest BCUT2D eigenvalue weighted by molar-refractivity contribution is -0.123. The first-order valence-electron chi connectivity index (χ1n) is 8.11. The number of thioether (sulfide) groups is 1. The van der Waals surface area contributed by atoms with Crippen LogP contribution in [0.15, 0.2) is 53.4 Å². The molecule has 1 heterocycles. The molecule has 0 unspecified atom stereocenters. The number of imide groups is 1. The zero-order chi connectivity index (χ0) is 17.8. The Labute approximate surface area is 151 Å². The maximum absolute atomic E-state index is 12.6. The minimum Gasteiger partial charge on any atom is -0.493 e. The minimum absolute atomic E-state index is 0.245. The number of carbonyl (C=O) groups is 2. The van der Waals surface area contributed by atoms with Crippen LogP contribution in [0.25, 0.3) is 6.08 Å². The highest BCUT2D eigenvalue weighted by atomic mass is 32.2. The minimum atomic E-state index is -0.262. The van der Waals surface area contributed by atoms with Gasteiger partial charge in [-0.05, 0) is 43.3 Å². The number of hydrogen-bond acceptors (Lipinski definition) is 4. The van der Waals surface area contributed by atoms with Crippen LogP contribution in [-0.2, 0) is 11.3 Å². The van der Waals surface area contributed by atoms with E-state index in [0.29, 0.717) is 17.3 Å². The van der Waals surface area contributed by atoms with Gasteiger partial charge in [0.2, 0.25) is 0 Å². The van der Waals surface area contributed by atoms with Gasteiger partial charge < -0.3 is 4.74 Å². The van der Waals surface area contributed by atoms with E-state index in [4.69, 9.17) is 4.74 Å². The number of aryl methyl sites for hydroxylation is 1. The molecule has 1 aliphatic heterocycles. The fourth-order valence-corrected chi connectivity index (χ4v) is 3.37. The van der Waals surface area contributed by atoms with E-state index in [1.54, 1.807) is 6.08 Å². The lowest BCUT2D eigenvalue weighted by Crippen LogP contribution is -2.27. The van der Waals surface area contributed by atoms with Crippen LogP contribution in [0.2, 0.25) is 0 Å². The van der Waals surface area contributed by atoms with Gasteiger partial charge in [-0.25, -0.2) is 0 Å². The lowest BCUT2D eigenvalue weighted by Gasteiger charge is -2.12. The number of ether oxygens (including phenoxy) is 1. The third kappa shape index (κ3) is 3.94. The van der Waals surface area contributed by atoms with Crippen LogP contribution in [-0.4, -0.2) is 22.7 Å². The smallest absolute Gasteiger partial charge is 0.293 e. The lowest BCUT2D eigenvalue weighted by atomic mass is 10.1. The summed E-state index contributed by atoms with van der Waals surface area (Å²) in [7, 11) is 0. The van der Waals surface area contributed by atoms with E-state index >= 15 is 0 Å². The number of benzene rings is 2. The Bertz CT molecular complexity index is 827. The van der Waals surface area contributed by atoms with Crippen LogP contribution in [0.1, 0.15) is 23.6 Å². The average molecular weight is 353 g/mol. The molecule has 0 radical (unpaired) electrons. The molecule has 128 valence electrons. The highest BCUT2D eigenvalue weighted by molar-refractivity contribution is 8.18. The number of carbonyl (C=O) groups excluding carboxylic acids is 2. The van der Waals surface area contributed by atoms with Crippen LogP contribution in [0.5, 0.6) is 5.75 Å². The molecule has 0 saturated carbocycles. The third-order valence-corrected chi connectivity index (χ3v) is 4.75. The molecule has 1 fully saturated rings. The number of hydrogen-bond donors (Lipinski definition) is 0. The second kappa shape index (κ2) is 7.57. The second-order valence-electron chi connectivity index (χ2n) is 5.72. The number of rotatable bonds is 5. The molecule has 0 spiro atoms. The average Bonchev–Trinajstić information content (AvgIpc) is 2.86. The van der Waals surface area contributed by atoms with Crippen molar-refractivity contribution in [3.63, 3.8) is 0 Å². The first-order valence-corrected chi connectivity index (χ1v) is 8.93. The van der Waals surface area contributed by atoms with Crippen molar-refractivity contribution in [1.82, 2.24) is 4.90 Å². The van der Waals surface area contributed by atoms with E-state index in [9.17, 15) is 9.59 Å². The number of para-hydroxylation sites is 1. The summed E-state index contributed by atoms with van der Waals surface area (Å²) in [6.45, 7) is 4.74. The quantitative estimate of drug-likeness (QED) is 0.735. The molecule has 4 nitrogen and oxygen atoms in total. The van der Waals surface area contributed by atoms with Gasteiger partial charge >= 0.3 is 0 Å². The molecule has 25 heavy (non-hydrogen) atoms. The van der Waals surface area contributed by atoms with E-state index in [1.165, 1.54) is 4.90 Å². The maximum atomic E-state index is 12.6. The second-order valence-corrected chi connectivity index (χ2v) is 6.72. The molecule has 0 N–H and O–H groups in total. The van der Waals surface area contributed by atoms with Crippen molar-refractivity contribution in [3.8, 4) is 5.75 Å². The van der Waals surface area contributed by atoms with Crippen LogP contribution >= 0.6 is 11.8 Å². The molecule has 3 rings (SSSR count). The van der Waals surface area contributed by atoms with Gasteiger partial charge in [0.15, 0.2) is 0 Å². The van der Waals surface area contributed by atoms with Gasteiger partial charge in [0.1, 0.15) is 5.75 Å². The van der Waals surface area contributed by atoms with E-state index in [-0.39, 0.29) is 17.7 Å². The van der Waals surface area contributed by atoms with Crippen molar-refractivity contribution in [1.29, 1.82) is 0 Å². The Morgan fingerprint density at radius 1 is 1.08 bits per heavy atom. The Kier molecular flexibility index (Phi) is 5.24. The molecule has 0 atom stereocenters. The van der Waals surface area contributed by atoms with Crippen molar-refractivity contribution < 1.29 is 14.3 Å². The van der Waals surface area contributed by atoms with Gasteiger partial charge in [-0.15, -0.1) is 0 Å². The van der Waals surface area contributed by atoms with Gasteiger partial charge in [-0.1, -0.05) is 48.0 Å². The maximum Gasteiger partial charge on any atom is 0.293 e. The molecule has 2 aromatic carbocycles. The third-order valence-electron chi connectivity index (χ3n) is 3.84. The molecule has 0 bridgehead atoms. The van der Waals surface area contributed by atoms with Gasteiger partial charge in [0.05, 0.1) is 18.1 Å². The molecule has 5 heteroatoms.